The van der Waals surface area contributed by atoms with Gasteiger partial charge in [-0.05, 0) is 43.7 Å². The lowest BCUT2D eigenvalue weighted by atomic mass is 9.72. The lowest BCUT2D eigenvalue weighted by molar-refractivity contribution is 0.0343. The fourth-order valence-electron chi connectivity index (χ4n) is 3.25. The highest BCUT2D eigenvalue weighted by atomic mass is 32.2. The SMILES string of the molecule is NCC12CCC(CC1)CN2S(=O)(=O)c1ccco1. The molecule has 0 radical (unpaired) electrons. The molecule has 1 aromatic heterocycles. The van der Waals surface area contributed by atoms with Crippen molar-refractivity contribution in [1.82, 2.24) is 4.31 Å². The molecule has 1 aromatic rings. The monoisotopic (exact) mass is 270 g/mol. The van der Waals surface area contributed by atoms with Crippen LogP contribution in [-0.4, -0.2) is 31.4 Å². The van der Waals surface area contributed by atoms with E-state index in [-0.39, 0.29) is 10.6 Å². The predicted molar refractivity (Wildman–Crippen MR) is 66.3 cm³/mol. The molecule has 2 N–H and O–H groups in total. The molecule has 18 heavy (non-hydrogen) atoms. The lowest BCUT2D eigenvalue weighted by Gasteiger charge is -2.52. The van der Waals surface area contributed by atoms with E-state index in [9.17, 15) is 8.42 Å². The second kappa shape index (κ2) is 4.08. The first-order valence-electron chi connectivity index (χ1n) is 6.35. The fraction of sp³-hybridized carbons (Fsp3) is 0.667. The van der Waals surface area contributed by atoms with Gasteiger partial charge in [-0.1, -0.05) is 0 Å². The van der Waals surface area contributed by atoms with Crippen LogP contribution in [0.25, 0.3) is 0 Å². The zero-order valence-corrected chi connectivity index (χ0v) is 11.0. The summed E-state index contributed by atoms with van der Waals surface area (Å²) >= 11 is 0. The van der Waals surface area contributed by atoms with Gasteiger partial charge in [-0.15, -0.1) is 0 Å². The van der Waals surface area contributed by atoms with Crippen molar-refractivity contribution in [3.63, 3.8) is 0 Å². The van der Waals surface area contributed by atoms with Gasteiger partial charge in [-0.25, -0.2) is 8.42 Å². The van der Waals surface area contributed by atoms with Crippen LogP contribution in [0.15, 0.2) is 27.9 Å². The Hall–Kier alpha value is -0.850. The highest BCUT2D eigenvalue weighted by Gasteiger charge is 2.51. The van der Waals surface area contributed by atoms with Crippen molar-refractivity contribution in [2.24, 2.45) is 11.7 Å². The largest absolute Gasteiger partial charge is 0.452 e. The van der Waals surface area contributed by atoms with Crippen LogP contribution in [0.5, 0.6) is 0 Å². The van der Waals surface area contributed by atoms with Crippen molar-refractivity contribution in [3.05, 3.63) is 18.4 Å². The van der Waals surface area contributed by atoms with Gasteiger partial charge in [-0.3, -0.25) is 0 Å². The summed E-state index contributed by atoms with van der Waals surface area (Å²) in [5.41, 5.74) is 5.49. The van der Waals surface area contributed by atoms with Crippen molar-refractivity contribution in [1.29, 1.82) is 0 Å². The van der Waals surface area contributed by atoms with Crippen molar-refractivity contribution in [2.45, 2.75) is 36.3 Å². The van der Waals surface area contributed by atoms with E-state index in [1.54, 1.807) is 10.4 Å². The smallest absolute Gasteiger partial charge is 0.277 e. The Morgan fingerprint density at radius 2 is 2.17 bits per heavy atom. The second-order valence-corrected chi connectivity index (χ2v) is 7.13. The molecular weight excluding hydrogens is 252 g/mol. The minimum absolute atomic E-state index is 0.0304. The molecule has 2 aliphatic heterocycles. The number of fused-ring (bicyclic) bond motifs is 3. The molecule has 2 saturated heterocycles. The van der Waals surface area contributed by atoms with Gasteiger partial charge in [0, 0.05) is 18.6 Å². The molecule has 0 amide bonds. The third kappa shape index (κ3) is 1.63. The van der Waals surface area contributed by atoms with E-state index in [0.29, 0.717) is 19.0 Å². The Labute approximate surface area is 107 Å². The topological polar surface area (TPSA) is 76.5 Å². The molecule has 4 rings (SSSR count). The summed E-state index contributed by atoms with van der Waals surface area (Å²) in [6.45, 7) is 0.972. The molecule has 3 heterocycles. The van der Waals surface area contributed by atoms with E-state index in [0.717, 1.165) is 25.7 Å². The summed E-state index contributed by atoms with van der Waals surface area (Å²) in [5.74, 6) is 0.475. The van der Waals surface area contributed by atoms with Crippen LogP contribution in [0.3, 0.4) is 0 Å². The second-order valence-electron chi connectivity index (χ2n) is 5.34. The number of nitrogens with zero attached hydrogens (tertiary/aromatic N) is 1. The van der Waals surface area contributed by atoms with Crippen LogP contribution >= 0.6 is 0 Å². The minimum Gasteiger partial charge on any atom is -0.452 e. The summed E-state index contributed by atoms with van der Waals surface area (Å²) < 4.78 is 31.8. The van der Waals surface area contributed by atoms with Crippen LogP contribution in [0.4, 0.5) is 0 Å². The molecule has 3 fully saturated rings. The first-order chi connectivity index (χ1) is 8.58. The molecule has 1 aliphatic carbocycles. The zero-order chi connectivity index (χ0) is 12.8. The van der Waals surface area contributed by atoms with Gasteiger partial charge in [0.15, 0.2) is 0 Å². The third-order valence-corrected chi connectivity index (χ3v) is 6.27. The van der Waals surface area contributed by atoms with E-state index in [2.05, 4.69) is 0 Å². The highest BCUT2D eigenvalue weighted by Crippen LogP contribution is 2.45. The molecule has 1 saturated carbocycles. The lowest BCUT2D eigenvalue weighted by Crippen LogP contribution is -2.63. The Morgan fingerprint density at radius 1 is 1.44 bits per heavy atom. The molecule has 0 atom stereocenters. The van der Waals surface area contributed by atoms with Crippen LogP contribution in [-0.2, 0) is 10.0 Å². The summed E-state index contributed by atoms with van der Waals surface area (Å²) in [4.78, 5) is 0. The van der Waals surface area contributed by atoms with E-state index >= 15 is 0 Å². The average Bonchev–Trinajstić information content (AvgIpc) is 2.94. The number of hydrogen-bond acceptors (Lipinski definition) is 4. The predicted octanol–water partition coefficient (Wildman–Crippen LogP) is 1.17. The minimum atomic E-state index is -3.53. The van der Waals surface area contributed by atoms with Gasteiger partial charge in [0.05, 0.1) is 6.26 Å². The maximum atomic E-state index is 12.6. The van der Waals surface area contributed by atoms with E-state index < -0.39 is 10.0 Å². The van der Waals surface area contributed by atoms with E-state index in [1.807, 2.05) is 0 Å². The zero-order valence-electron chi connectivity index (χ0n) is 10.2. The maximum Gasteiger partial charge on any atom is 0.277 e. The standard InChI is InChI=1S/C12H18N2O3S/c13-9-12-5-3-10(4-6-12)8-14(12)18(15,16)11-2-1-7-17-11/h1-2,7,10H,3-6,8-9,13H2. The van der Waals surface area contributed by atoms with Crippen molar-refractivity contribution in [2.75, 3.05) is 13.1 Å². The number of piperidine rings is 2. The molecule has 0 spiro atoms. The number of rotatable bonds is 3. The molecule has 6 heteroatoms. The summed E-state index contributed by atoms with van der Waals surface area (Å²) in [7, 11) is -3.53. The van der Waals surface area contributed by atoms with Gasteiger partial charge in [0.2, 0.25) is 5.09 Å². The first-order valence-corrected chi connectivity index (χ1v) is 7.79. The summed E-state index contributed by atoms with van der Waals surface area (Å²) in [5, 5.41) is 0.0304. The Kier molecular flexibility index (Phi) is 2.76. The van der Waals surface area contributed by atoms with Gasteiger partial charge >= 0.3 is 0 Å². The molecule has 5 nitrogen and oxygen atoms in total. The molecule has 100 valence electrons. The van der Waals surface area contributed by atoms with Gasteiger partial charge in [-0.2, -0.15) is 4.31 Å². The van der Waals surface area contributed by atoms with Gasteiger partial charge < -0.3 is 10.2 Å². The number of nitrogens with two attached hydrogens (primary N) is 1. The molecular formula is C12H18N2O3S. The highest BCUT2D eigenvalue weighted by molar-refractivity contribution is 7.89. The Balaban J connectivity index is 2.01. The molecule has 2 bridgehead atoms. The van der Waals surface area contributed by atoms with Crippen LogP contribution in [0, 0.1) is 5.92 Å². The molecule has 0 unspecified atom stereocenters. The number of furan rings is 1. The van der Waals surface area contributed by atoms with Crippen molar-refractivity contribution >= 4 is 10.0 Å². The quantitative estimate of drug-likeness (QED) is 0.894. The average molecular weight is 270 g/mol. The third-order valence-electron chi connectivity index (χ3n) is 4.41. The van der Waals surface area contributed by atoms with Crippen LogP contribution in [0.2, 0.25) is 0 Å². The van der Waals surface area contributed by atoms with E-state index in [1.165, 1.54) is 12.3 Å². The molecule has 0 aromatic carbocycles. The maximum absolute atomic E-state index is 12.6. The summed E-state index contributed by atoms with van der Waals surface area (Å²) in [6.07, 6.45) is 5.30. The van der Waals surface area contributed by atoms with Crippen LogP contribution < -0.4 is 5.73 Å². The van der Waals surface area contributed by atoms with Gasteiger partial charge in [0.1, 0.15) is 0 Å². The van der Waals surface area contributed by atoms with Crippen molar-refractivity contribution < 1.29 is 12.8 Å². The first kappa shape index (κ1) is 12.2. The number of sulfonamides is 1. The van der Waals surface area contributed by atoms with Gasteiger partial charge in [0.25, 0.3) is 10.0 Å². The molecule has 3 aliphatic rings. The van der Waals surface area contributed by atoms with E-state index in [4.69, 9.17) is 10.2 Å². The number of hydrogen-bond donors (Lipinski definition) is 1. The Bertz CT molecular complexity index is 516. The summed E-state index contributed by atoms with van der Waals surface area (Å²) in [6, 6.07) is 3.10. The Morgan fingerprint density at radius 3 is 2.72 bits per heavy atom. The fourth-order valence-corrected chi connectivity index (χ4v) is 5.07. The van der Waals surface area contributed by atoms with Crippen LogP contribution in [0.1, 0.15) is 25.7 Å². The normalized spacial score (nSPS) is 32.8. The van der Waals surface area contributed by atoms with Crippen molar-refractivity contribution in [3.8, 4) is 0 Å².